The molecule has 1 unspecified atom stereocenters. The van der Waals surface area contributed by atoms with E-state index in [1.807, 2.05) is 12.3 Å². The van der Waals surface area contributed by atoms with Gasteiger partial charge in [-0.2, -0.15) is 0 Å². The third-order valence-corrected chi connectivity index (χ3v) is 2.69. The third-order valence-electron chi connectivity index (χ3n) is 1.89. The molecule has 1 atom stereocenters. The number of carboxylic acid groups (broad SMARTS) is 1. The Morgan fingerprint density at radius 2 is 2.54 bits per heavy atom. The Kier molecular flexibility index (Phi) is 3.89. The van der Waals surface area contributed by atoms with Gasteiger partial charge in [0.2, 0.25) is 0 Å². The van der Waals surface area contributed by atoms with E-state index in [-0.39, 0.29) is 5.92 Å². The maximum atomic E-state index is 10.8. The van der Waals surface area contributed by atoms with Gasteiger partial charge in [0.1, 0.15) is 0 Å². The Bertz CT molecular complexity index is 259. The van der Waals surface area contributed by atoms with Gasteiger partial charge in [-0.25, -0.2) is 4.98 Å². The second-order valence-electron chi connectivity index (χ2n) is 2.95. The number of carbonyl (C=O) groups is 1. The maximum absolute atomic E-state index is 10.8. The van der Waals surface area contributed by atoms with E-state index in [0.717, 1.165) is 17.8 Å². The summed E-state index contributed by atoms with van der Waals surface area (Å²) < 4.78 is 0. The molecule has 13 heavy (non-hydrogen) atoms. The molecule has 0 aromatic carbocycles. The molecule has 1 heterocycles. The molecule has 0 aliphatic rings. The van der Waals surface area contributed by atoms with Crippen LogP contribution in [-0.2, 0) is 11.2 Å². The molecule has 0 spiro atoms. The Labute approximate surface area is 81.4 Å². The predicted molar refractivity (Wildman–Crippen MR) is 51.9 cm³/mol. The molecule has 0 radical (unpaired) electrons. The van der Waals surface area contributed by atoms with Crippen LogP contribution in [0.5, 0.6) is 0 Å². The van der Waals surface area contributed by atoms with E-state index >= 15 is 0 Å². The molecule has 0 aliphatic heterocycles. The third kappa shape index (κ3) is 3.14. The number of thiazole rings is 1. The molecular weight excluding hydrogens is 186 g/mol. The summed E-state index contributed by atoms with van der Waals surface area (Å²) in [5.41, 5.74) is 0. The van der Waals surface area contributed by atoms with Crippen molar-refractivity contribution in [1.29, 1.82) is 0 Å². The zero-order chi connectivity index (χ0) is 9.68. The van der Waals surface area contributed by atoms with Crippen molar-refractivity contribution in [3.05, 3.63) is 16.6 Å². The van der Waals surface area contributed by atoms with E-state index in [2.05, 4.69) is 4.98 Å². The van der Waals surface area contributed by atoms with Crippen LogP contribution >= 0.6 is 11.3 Å². The molecule has 1 N–H and O–H groups in total. The standard InChI is InChI=1S/C9H13NO2S/c1-2-3-7(9(11)12)6-8-10-4-5-13-8/h4-5,7H,2-3,6H2,1H3,(H,11,12). The van der Waals surface area contributed by atoms with Crippen molar-refractivity contribution >= 4 is 17.3 Å². The van der Waals surface area contributed by atoms with Crippen molar-refractivity contribution in [3.63, 3.8) is 0 Å². The lowest BCUT2D eigenvalue weighted by Crippen LogP contribution is -2.15. The van der Waals surface area contributed by atoms with E-state index in [0.29, 0.717) is 6.42 Å². The number of carboxylic acids is 1. The van der Waals surface area contributed by atoms with E-state index in [1.54, 1.807) is 6.20 Å². The van der Waals surface area contributed by atoms with Crippen molar-refractivity contribution < 1.29 is 9.90 Å². The lowest BCUT2D eigenvalue weighted by atomic mass is 10.0. The van der Waals surface area contributed by atoms with Crippen molar-refractivity contribution in [3.8, 4) is 0 Å². The number of hydrogen-bond acceptors (Lipinski definition) is 3. The normalized spacial score (nSPS) is 12.7. The molecule has 4 heteroatoms. The number of nitrogens with zero attached hydrogens (tertiary/aromatic N) is 1. The van der Waals surface area contributed by atoms with Crippen LogP contribution in [0, 0.1) is 5.92 Å². The zero-order valence-electron chi connectivity index (χ0n) is 7.56. The summed E-state index contributed by atoms with van der Waals surface area (Å²) in [4.78, 5) is 14.9. The van der Waals surface area contributed by atoms with Gasteiger partial charge in [0, 0.05) is 18.0 Å². The van der Waals surface area contributed by atoms with Gasteiger partial charge in [-0.15, -0.1) is 11.3 Å². The Morgan fingerprint density at radius 1 is 1.77 bits per heavy atom. The molecule has 72 valence electrons. The van der Waals surface area contributed by atoms with Gasteiger partial charge in [0.25, 0.3) is 0 Å². The fourth-order valence-corrected chi connectivity index (χ4v) is 1.92. The number of rotatable bonds is 5. The highest BCUT2D eigenvalue weighted by atomic mass is 32.1. The minimum absolute atomic E-state index is 0.267. The smallest absolute Gasteiger partial charge is 0.306 e. The predicted octanol–water partition coefficient (Wildman–Crippen LogP) is 2.19. The molecule has 0 aliphatic carbocycles. The molecule has 3 nitrogen and oxygen atoms in total. The van der Waals surface area contributed by atoms with Crippen LogP contribution in [0.4, 0.5) is 0 Å². The Morgan fingerprint density at radius 3 is 3.00 bits per heavy atom. The quantitative estimate of drug-likeness (QED) is 0.790. The minimum atomic E-state index is -0.711. The first-order chi connectivity index (χ1) is 6.24. The van der Waals surface area contributed by atoms with Gasteiger partial charge < -0.3 is 5.11 Å². The van der Waals surface area contributed by atoms with Gasteiger partial charge in [0.15, 0.2) is 0 Å². The van der Waals surface area contributed by atoms with Gasteiger partial charge in [-0.05, 0) is 6.42 Å². The second kappa shape index (κ2) is 4.97. The molecule has 1 rings (SSSR count). The monoisotopic (exact) mass is 199 g/mol. The zero-order valence-corrected chi connectivity index (χ0v) is 8.38. The number of aliphatic carboxylic acids is 1. The molecular formula is C9H13NO2S. The molecule has 0 amide bonds. The molecule has 0 saturated heterocycles. The van der Waals surface area contributed by atoms with E-state index < -0.39 is 5.97 Å². The first-order valence-electron chi connectivity index (χ1n) is 4.35. The van der Waals surface area contributed by atoms with Crippen molar-refractivity contribution in [1.82, 2.24) is 4.98 Å². The van der Waals surface area contributed by atoms with Crippen LogP contribution in [0.25, 0.3) is 0 Å². The van der Waals surface area contributed by atoms with Gasteiger partial charge in [-0.3, -0.25) is 4.79 Å². The topological polar surface area (TPSA) is 50.2 Å². The van der Waals surface area contributed by atoms with E-state index in [9.17, 15) is 4.79 Å². The van der Waals surface area contributed by atoms with E-state index in [4.69, 9.17) is 5.11 Å². The molecule has 1 aromatic heterocycles. The van der Waals surface area contributed by atoms with Gasteiger partial charge in [-0.1, -0.05) is 13.3 Å². The van der Waals surface area contributed by atoms with Crippen molar-refractivity contribution in [2.24, 2.45) is 5.92 Å². The molecule has 0 bridgehead atoms. The largest absolute Gasteiger partial charge is 0.481 e. The summed E-state index contributed by atoms with van der Waals surface area (Å²) in [6.07, 6.45) is 3.92. The summed E-state index contributed by atoms with van der Waals surface area (Å²) in [5, 5.41) is 11.7. The summed E-state index contributed by atoms with van der Waals surface area (Å²) in [5.74, 6) is -0.979. The highest BCUT2D eigenvalue weighted by Gasteiger charge is 2.17. The second-order valence-corrected chi connectivity index (χ2v) is 3.93. The van der Waals surface area contributed by atoms with E-state index in [1.165, 1.54) is 11.3 Å². The molecule has 0 saturated carbocycles. The van der Waals surface area contributed by atoms with Gasteiger partial charge in [0.05, 0.1) is 10.9 Å². The van der Waals surface area contributed by atoms with Crippen LogP contribution < -0.4 is 0 Å². The van der Waals surface area contributed by atoms with Crippen LogP contribution in [0.2, 0.25) is 0 Å². The molecule has 0 fully saturated rings. The molecule has 1 aromatic rings. The maximum Gasteiger partial charge on any atom is 0.306 e. The van der Waals surface area contributed by atoms with Crippen LogP contribution in [0.15, 0.2) is 11.6 Å². The fraction of sp³-hybridized carbons (Fsp3) is 0.556. The fourth-order valence-electron chi connectivity index (χ4n) is 1.23. The minimum Gasteiger partial charge on any atom is -0.481 e. The van der Waals surface area contributed by atoms with Gasteiger partial charge >= 0.3 is 5.97 Å². The van der Waals surface area contributed by atoms with Crippen LogP contribution in [-0.4, -0.2) is 16.1 Å². The van der Waals surface area contributed by atoms with Crippen molar-refractivity contribution in [2.75, 3.05) is 0 Å². The Hall–Kier alpha value is -0.900. The summed E-state index contributed by atoms with van der Waals surface area (Å²) in [6.45, 7) is 2.00. The number of hydrogen-bond donors (Lipinski definition) is 1. The van der Waals surface area contributed by atoms with Crippen LogP contribution in [0.3, 0.4) is 0 Å². The highest BCUT2D eigenvalue weighted by Crippen LogP contribution is 2.15. The lowest BCUT2D eigenvalue weighted by molar-refractivity contribution is -0.141. The summed E-state index contributed by atoms with van der Waals surface area (Å²) in [6, 6.07) is 0. The average Bonchev–Trinajstić information content (AvgIpc) is 2.56. The van der Waals surface area contributed by atoms with Crippen molar-refractivity contribution in [2.45, 2.75) is 26.2 Å². The lowest BCUT2D eigenvalue weighted by Gasteiger charge is -2.07. The first-order valence-corrected chi connectivity index (χ1v) is 5.23. The highest BCUT2D eigenvalue weighted by molar-refractivity contribution is 7.09. The Balaban J connectivity index is 2.52. The summed E-state index contributed by atoms with van der Waals surface area (Å²) in [7, 11) is 0. The summed E-state index contributed by atoms with van der Waals surface area (Å²) >= 11 is 1.52. The average molecular weight is 199 g/mol. The number of aromatic nitrogens is 1. The first kappa shape index (κ1) is 10.2. The SMILES string of the molecule is CCCC(Cc1nccs1)C(=O)O. The van der Waals surface area contributed by atoms with Crippen LogP contribution in [0.1, 0.15) is 24.8 Å².